The van der Waals surface area contributed by atoms with E-state index in [0.717, 1.165) is 16.3 Å². The number of thioether (sulfide) groups is 1. The fourth-order valence-electron chi connectivity index (χ4n) is 1.16. The SMILES string of the molecule is CC(C)(C)Sc1nc2ncccc2[nH]1. The topological polar surface area (TPSA) is 41.6 Å². The van der Waals surface area contributed by atoms with Crippen molar-refractivity contribution < 1.29 is 0 Å². The van der Waals surface area contributed by atoms with Gasteiger partial charge in [-0.05, 0) is 12.1 Å². The van der Waals surface area contributed by atoms with E-state index in [1.807, 2.05) is 12.1 Å². The number of hydrogen-bond donors (Lipinski definition) is 1. The predicted octanol–water partition coefficient (Wildman–Crippen LogP) is 2.85. The van der Waals surface area contributed by atoms with Gasteiger partial charge in [-0.25, -0.2) is 9.97 Å². The summed E-state index contributed by atoms with van der Waals surface area (Å²) in [4.78, 5) is 11.8. The molecule has 2 aromatic rings. The molecule has 74 valence electrons. The lowest BCUT2D eigenvalue weighted by molar-refractivity contribution is 0.796. The number of H-pyrrole nitrogens is 1. The average Bonchev–Trinajstić information content (AvgIpc) is 2.42. The molecule has 0 atom stereocenters. The number of rotatable bonds is 1. The number of aromatic amines is 1. The Labute approximate surface area is 87.3 Å². The lowest BCUT2D eigenvalue weighted by Crippen LogP contribution is -2.06. The van der Waals surface area contributed by atoms with Crippen molar-refractivity contribution in [3.05, 3.63) is 18.3 Å². The number of aromatic nitrogens is 3. The second kappa shape index (κ2) is 3.28. The van der Waals surface area contributed by atoms with Gasteiger partial charge in [0.2, 0.25) is 0 Å². The van der Waals surface area contributed by atoms with Gasteiger partial charge in [-0.2, -0.15) is 0 Å². The van der Waals surface area contributed by atoms with Crippen LogP contribution in [-0.2, 0) is 0 Å². The van der Waals surface area contributed by atoms with Gasteiger partial charge in [-0.1, -0.05) is 32.5 Å². The summed E-state index contributed by atoms with van der Waals surface area (Å²) < 4.78 is 0.174. The molecule has 1 N–H and O–H groups in total. The van der Waals surface area contributed by atoms with E-state index >= 15 is 0 Å². The van der Waals surface area contributed by atoms with Crippen LogP contribution in [0.3, 0.4) is 0 Å². The fourth-order valence-corrected chi connectivity index (χ4v) is 2.03. The summed E-state index contributed by atoms with van der Waals surface area (Å²) in [5, 5.41) is 0.936. The van der Waals surface area contributed by atoms with E-state index in [0.29, 0.717) is 0 Å². The molecule has 2 aromatic heterocycles. The maximum Gasteiger partial charge on any atom is 0.178 e. The molecule has 0 bridgehead atoms. The van der Waals surface area contributed by atoms with Crippen molar-refractivity contribution in [3.8, 4) is 0 Å². The van der Waals surface area contributed by atoms with Crippen molar-refractivity contribution in [2.75, 3.05) is 0 Å². The zero-order valence-electron chi connectivity index (χ0n) is 8.53. The third kappa shape index (κ3) is 2.07. The van der Waals surface area contributed by atoms with Crippen LogP contribution in [0.2, 0.25) is 0 Å². The quantitative estimate of drug-likeness (QED) is 0.731. The fraction of sp³-hybridized carbons (Fsp3) is 0.400. The Morgan fingerprint density at radius 3 is 2.79 bits per heavy atom. The summed E-state index contributed by atoms with van der Waals surface area (Å²) in [7, 11) is 0. The molecule has 3 nitrogen and oxygen atoms in total. The first-order valence-electron chi connectivity index (χ1n) is 4.54. The Morgan fingerprint density at radius 2 is 2.14 bits per heavy atom. The van der Waals surface area contributed by atoms with Gasteiger partial charge in [0.25, 0.3) is 0 Å². The van der Waals surface area contributed by atoms with E-state index in [1.165, 1.54) is 0 Å². The van der Waals surface area contributed by atoms with Gasteiger partial charge in [0, 0.05) is 10.9 Å². The zero-order valence-corrected chi connectivity index (χ0v) is 9.35. The van der Waals surface area contributed by atoms with Crippen molar-refractivity contribution in [2.24, 2.45) is 0 Å². The van der Waals surface area contributed by atoms with Crippen LogP contribution in [0.25, 0.3) is 11.2 Å². The van der Waals surface area contributed by atoms with Gasteiger partial charge >= 0.3 is 0 Å². The molecule has 0 spiro atoms. The number of fused-ring (bicyclic) bond motifs is 1. The highest BCUT2D eigenvalue weighted by Crippen LogP contribution is 2.30. The molecule has 0 aliphatic carbocycles. The summed E-state index contributed by atoms with van der Waals surface area (Å²) in [6.45, 7) is 6.49. The van der Waals surface area contributed by atoms with Crippen molar-refractivity contribution in [3.63, 3.8) is 0 Å². The van der Waals surface area contributed by atoms with E-state index < -0.39 is 0 Å². The minimum atomic E-state index is 0.174. The molecule has 0 fully saturated rings. The van der Waals surface area contributed by atoms with Crippen molar-refractivity contribution in [1.82, 2.24) is 15.0 Å². The molecule has 0 aromatic carbocycles. The molecule has 0 radical (unpaired) electrons. The molecule has 0 aliphatic rings. The van der Waals surface area contributed by atoms with Gasteiger partial charge in [0.1, 0.15) is 0 Å². The van der Waals surface area contributed by atoms with Crippen LogP contribution in [0, 0.1) is 0 Å². The molecule has 14 heavy (non-hydrogen) atoms. The summed E-state index contributed by atoms with van der Waals surface area (Å²) >= 11 is 1.72. The Balaban J connectivity index is 2.36. The molecule has 0 saturated heterocycles. The summed E-state index contributed by atoms with van der Waals surface area (Å²) in [5.41, 5.74) is 1.79. The second-order valence-electron chi connectivity index (χ2n) is 4.13. The maximum absolute atomic E-state index is 4.39. The van der Waals surface area contributed by atoms with E-state index in [1.54, 1.807) is 18.0 Å². The maximum atomic E-state index is 4.39. The van der Waals surface area contributed by atoms with Gasteiger partial charge in [-0.15, -0.1) is 0 Å². The van der Waals surface area contributed by atoms with Crippen LogP contribution < -0.4 is 0 Å². The Kier molecular flexibility index (Phi) is 2.23. The molecule has 4 heteroatoms. The Hall–Kier alpha value is -1.03. The highest BCUT2D eigenvalue weighted by atomic mass is 32.2. The van der Waals surface area contributed by atoms with Crippen molar-refractivity contribution >= 4 is 22.9 Å². The highest BCUT2D eigenvalue weighted by molar-refractivity contribution is 8.00. The van der Waals surface area contributed by atoms with Crippen LogP contribution in [0.15, 0.2) is 23.5 Å². The summed E-state index contributed by atoms with van der Waals surface area (Å²) in [5.74, 6) is 0. The van der Waals surface area contributed by atoms with Crippen LogP contribution in [-0.4, -0.2) is 19.7 Å². The van der Waals surface area contributed by atoms with Gasteiger partial charge in [0.05, 0.1) is 5.52 Å². The van der Waals surface area contributed by atoms with E-state index in [2.05, 4.69) is 35.7 Å². The first-order valence-corrected chi connectivity index (χ1v) is 5.36. The van der Waals surface area contributed by atoms with E-state index in [9.17, 15) is 0 Å². The Bertz CT molecular complexity index is 409. The van der Waals surface area contributed by atoms with Crippen molar-refractivity contribution in [2.45, 2.75) is 30.7 Å². The average molecular weight is 207 g/mol. The molecule has 2 heterocycles. The normalized spacial score (nSPS) is 12.2. The number of imidazole rings is 1. The number of pyridine rings is 1. The van der Waals surface area contributed by atoms with Gasteiger partial charge < -0.3 is 4.98 Å². The lowest BCUT2D eigenvalue weighted by atomic mass is 10.3. The molecular formula is C10H13N3S. The van der Waals surface area contributed by atoms with Gasteiger partial charge in [0.15, 0.2) is 10.8 Å². The first-order chi connectivity index (χ1) is 6.54. The third-order valence-corrected chi connectivity index (χ3v) is 2.64. The van der Waals surface area contributed by atoms with Gasteiger partial charge in [-0.3, -0.25) is 0 Å². The third-order valence-electron chi connectivity index (χ3n) is 1.64. The summed E-state index contributed by atoms with van der Waals surface area (Å²) in [6, 6.07) is 3.90. The minimum absolute atomic E-state index is 0.174. The minimum Gasteiger partial charge on any atom is -0.332 e. The predicted molar refractivity (Wildman–Crippen MR) is 59.5 cm³/mol. The second-order valence-corrected chi connectivity index (χ2v) is 5.95. The standard InChI is InChI=1S/C10H13N3S/c1-10(2,3)14-9-12-7-5-4-6-11-8(7)13-9/h4-6H,1-3H3,(H,11,12,13). The molecule has 2 rings (SSSR count). The molecule has 0 aliphatic heterocycles. The monoisotopic (exact) mass is 207 g/mol. The molecule has 0 amide bonds. The molecule has 0 saturated carbocycles. The first kappa shape index (κ1) is 9.52. The van der Waals surface area contributed by atoms with Crippen LogP contribution in [0.1, 0.15) is 20.8 Å². The van der Waals surface area contributed by atoms with Crippen molar-refractivity contribution in [1.29, 1.82) is 0 Å². The Morgan fingerprint density at radius 1 is 1.36 bits per heavy atom. The smallest absolute Gasteiger partial charge is 0.178 e. The zero-order chi connectivity index (χ0) is 10.2. The number of nitrogens with zero attached hydrogens (tertiary/aromatic N) is 2. The summed E-state index contributed by atoms with van der Waals surface area (Å²) in [6.07, 6.45) is 1.76. The van der Waals surface area contributed by atoms with Crippen LogP contribution in [0.4, 0.5) is 0 Å². The highest BCUT2D eigenvalue weighted by Gasteiger charge is 2.14. The van der Waals surface area contributed by atoms with Crippen LogP contribution in [0.5, 0.6) is 0 Å². The van der Waals surface area contributed by atoms with E-state index in [4.69, 9.17) is 0 Å². The number of nitrogens with one attached hydrogen (secondary N) is 1. The molecular weight excluding hydrogens is 194 g/mol. The van der Waals surface area contributed by atoms with E-state index in [-0.39, 0.29) is 4.75 Å². The molecule has 0 unspecified atom stereocenters. The lowest BCUT2D eigenvalue weighted by Gasteiger charge is -2.14. The number of hydrogen-bond acceptors (Lipinski definition) is 3. The largest absolute Gasteiger partial charge is 0.332 e. The van der Waals surface area contributed by atoms with Crippen LogP contribution >= 0.6 is 11.8 Å².